The minimum atomic E-state index is -3.63. The maximum Gasteiger partial charge on any atom is 0.414 e. The minimum absolute atomic E-state index is 0.0677. The molecule has 1 aliphatic rings. The lowest BCUT2D eigenvalue weighted by Crippen LogP contribution is -2.26. The van der Waals surface area contributed by atoms with Gasteiger partial charge in [-0.25, -0.2) is 14.2 Å². The van der Waals surface area contributed by atoms with E-state index in [0.29, 0.717) is 11.4 Å². The van der Waals surface area contributed by atoms with E-state index in [1.807, 2.05) is 0 Å². The number of benzene rings is 1. The van der Waals surface area contributed by atoms with Gasteiger partial charge in [-0.2, -0.15) is 8.42 Å². The number of amides is 1. The molecule has 1 saturated heterocycles. The predicted molar refractivity (Wildman–Crippen MR) is 81.9 cm³/mol. The molecule has 1 atom stereocenters. The highest BCUT2D eigenvalue weighted by Crippen LogP contribution is 2.25. The van der Waals surface area contributed by atoms with Crippen molar-refractivity contribution in [3.8, 4) is 5.69 Å². The summed E-state index contributed by atoms with van der Waals surface area (Å²) < 4.78 is 47.4. The van der Waals surface area contributed by atoms with Crippen LogP contribution in [0.25, 0.3) is 5.69 Å². The lowest BCUT2D eigenvalue weighted by atomic mass is 10.2. The summed E-state index contributed by atoms with van der Waals surface area (Å²) in [5.74, 6) is -0.533. The molecule has 1 amide bonds. The van der Waals surface area contributed by atoms with Gasteiger partial charge in [-0.3, -0.25) is 9.08 Å². The first-order valence-corrected chi connectivity index (χ1v) is 8.75. The molecule has 0 radical (unpaired) electrons. The van der Waals surface area contributed by atoms with E-state index in [1.54, 1.807) is 12.3 Å². The molecule has 0 N–H and O–H groups in total. The van der Waals surface area contributed by atoms with Gasteiger partial charge < -0.3 is 9.30 Å². The van der Waals surface area contributed by atoms with Crippen molar-refractivity contribution >= 4 is 21.9 Å². The maximum atomic E-state index is 14.3. The summed E-state index contributed by atoms with van der Waals surface area (Å²) in [5.41, 5.74) is 0.601. The molecule has 0 saturated carbocycles. The zero-order valence-electron chi connectivity index (χ0n) is 12.6. The van der Waals surface area contributed by atoms with Crippen LogP contribution >= 0.6 is 0 Å². The van der Waals surface area contributed by atoms with Crippen molar-refractivity contribution in [3.05, 3.63) is 42.7 Å². The minimum Gasteiger partial charge on any atom is -0.441 e. The Bertz CT molecular complexity index is 853. The number of halogens is 1. The third-order valence-corrected chi connectivity index (χ3v) is 3.93. The quantitative estimate of drug-likeness (QED) is 0.751. The number of ether oxygens (including phenoxy) is 1. The van der Waals surface area contributed by atoms with Gasteiger partial charge in [0.15, 0.2) is 0 Å². The van der Waals surface area contributed by atoms with E-state index in [4.69, 9.17) is 4.74 Å². The maximum absolute atomic E-state index is 14.3. The molecule has 3 rings (SSSR count). The smallest absolute Gasteiger partial charge is 0.414 e. The van der Waals surface area contributed by atoms with E-state index >= 15 is 0 Å². The SMILES string of the molecule is CS(=O)(=O)OC[C@H]1CN(c2ccc(-n3ccnc3)c(F)c2)C(=O)O1. The molecule has 0 bridgehead atoms. The number of aromatic nitrogens is 2. The Hall–Kier alpha value is -2.46. The highest BCUT2D eigenvalue weighted by atomic mass is 32.2. The van der Waals surface area contributed by atoms with E-state index in [9.17, 15) is 17.6 Å². The Kier molecular flexibility index (Phi) is 4.24. The standard InChI is InChI=1S/C14H14FN3O5S/c1-24(20,21)22-8-11-7-18(14(19)23-11)10-2-3-13(12(15)6-10)17-5-4-16-9-17/h2-6,9,11H,7-8H2,1H3/t11-/m1/s1. The number of cyclic esters (lactones) is 1. The molecule has 10 heteroatoms. The second-order valence-corrected chi connectivity index (χ2v) is 6.85. The molecule has 0 aliphatic carbocycles. The third kappa shape index (κ3) is 3.54. The first-order valence-electron chi connectivity index (χ1n) is 6.94. The Balaban J connectivity index is 1.75. The summed E-state index contributed by atoms with van der Waals surface area (Å²) in [6.07, 6.45) is 4.06. The molecule has 1 aromatic carbocycles. The molecule has 0 unspecified atom stereocenters. The Labute approximate surface area is 137 Å². The van der Waals surface area contributed by atoms with Gasteiger partial charge in [0.05, 0.1) is 30.5 Å². The second kappa shape index (κ2) is 6.21. The largest absolute Gasteiger partial charge is 0.441 e. The summed E-state index contributed by atoms with van der Waals surface area (Å²) in [6.45, 7) is -0.213. The van der Waals surface area contributed by atoms with Gasteiger partial charge in [0.25, 0.3) is 10.1 Å². The Morgan fingerprint density at radius 2 is 2.25 bits per heavy atom. The first-order chi connectivity index (χ1) is 11.3. The average Bonchev–Trinajstić information content (AvgIpc) is 3.14. The highest BCUT2D eigenvalue weighted by Gasteiger charge is 2.33. The number of carbonyl (C=O) groups is 1. The molecule has 1 aliphatic heterocycles. The van der Waals surface area contributed by atoms with Gasteiger partial charge in [0, 0.05) is 12.4 Å². The lowest BCUT2D eigenvalue weighted by Gasteiger charge is -2.14. The van der Waals surface area contributed by atoms with E-state index in [-0.39, 0.29) is 13.2 Å². The number of nitrogens with zero attached hydrogens (tertiary/aromatic N) is 3. The first kappa shape index (κ1) is 16.4. The number of hydrogen-bond acceptors (Lipinski definition) is 6. The number of imidazole rings is 1. The summed E-state index contributed by atoms with van der Waals surface area (Å²) in [6, 6.07) is 4.29. The fraction of sp³-hybridized carbons (Fsp3) is 0.286. The van der Waals surface area contributed by atoms with Crippen LogP contribution in [0.1, 0.15) is 0 Å². The number of anilines is 1. The molecule has 8 nitrogen and oxygen atoms in total. The number of rotatable bonds is 5. The van der Waals surface area contributed by atoms with Crippen molar-refractivity contribution in [1.82, 2.24) is 9.55 Å². The van der Waals surface area contributed by atoms with Crippen molar-refractivity contribution in [2.24, 2.45) is 0 Å². The van der Waals surface area contributed by atoms with Crippen LogP contribution < -0.4 is 4.90 Å². The normalized spacial score (nSPS) is 18.0. The topological polar surface area (TPSA) is 90.7 Å². The second-order valence-electron chi connectivity index (χ2n) is 5.21. The van der Waals surface area contributed by atoms with E-state index in [0.717, 1.165) is 6.26 Å². The van der Waals surface area contributed by atoms with E-state index < -0.39 is 28.1 Å². The number of carbonyl (C=O) groups excluding carboxylic acids is 1. The van der Waals surface area contributed by atoms with Crippen molar-refractivity contribution in [2.75, 3.05) is 24.3 Å². The van der Waals surface area contributed by atoms with Crippen LogP contribution in [-0.4, -0.2) is 49.6 Å². The van der Waals surface area contributed by atoms with Crippen molar-refractivity contribution in [3.63, 3.8) is 0 Å². The van der Waals surface area contributed by atoms with Crippen molar-refractivity contribution in [1.29, 1.82) is 0 Å². The van der Waals surface area contributed by atoms with Crippen LogP contribution in [0.15, 0.2) is 36.9 Å². The zero-order chi connectivity index (χ0) is 17.3. The molecule has 128 valence electrons. The van der Waals surface area contributed by atoms with Crippen molar-refractivity contribution in [2.45, 2.75) is 6.10 Å². The van der Waals surface area contributed by atoms with Crippen LogP contribution in [0, 0.1) is 5.82 Å². The van der Waals surface area contributed by atoms with Crippen LogP contribution in [0.5, 0.6) is 0 Å². The van der Waals surface area contributed by atoms with Crippen LogP contribution in [0.3, 0.4) is 0 Å². The van der Waals surface area contributed by atoms with Gasteiger partial charge in [0.2, 0.25) is 0 Å². The van der Waals surface area contributed by atoms with Gasteiger partial charge in [-0.15, -0.1) is 0 Å². The van der Waals surface area contributed by atoms with Crippen LogP contribution in [0.2, 0.25) is 0 Å². The molecular formula is C14H14FN3O5S. The third-order valence-electron chi connectivity index (χ3n) is 3.37. The molecule has 1 aromatic heterocycles. The zero-order valence-corrected chi connectivity index (χ0v) is 13.4. The van der Waals surface area contributed by atoms with E-state index in [1.165, 1.54) is 34.1 Å². The van der Waals surface area contributed by atoms with Gasteiger partial charge in [0.1, 0.15) is 18.5 Å². The fourth-order valence-corrected chi connectivity index (χ4v) is 2.69. The van der Waals surface area contributed by atoms with Crippen LogP contribution in [0.4, 0.5) is 14.9 Å². The van der Waals surface area contributed by atoms with Gasteiger partial charge >= 0.3 is 6.09 Å². The van der Waals surface area contributed by atoms with Gasteiger partial charge in [-0.05, 0) is 18.2 Å². The molecule has 1 fully saturated rings. The summed E-state index contributed by atoms with van der Waals surface area (Å²) >= 11 is 0. The molecular weight excluding hydrogens is 341 g/mol. The van der Waals surface area contributed by atoms with Gasteiger partial charge in [-0.1, -0.05) is 0 Å². The Morgan fingerprint density at radius 1 is 1.46 bits per heavy atom. The molecule has 2 aromatic rings. The van der Waals surface area contributed by atoms with Crippen LogP contribution in [-0.2, 0) is 19.0 Å². The number of hydrogen-bond donors (Lipinski definition) is 0. The average molecular weight is 355 g/mol. The van der Waals surface area contributed by atoms with E-state index in [2.05, 4.69) is 9.17 Å². The fourth-order valence-electron chi connectivity index (χ4n) is 2.29. The lowest BCUT2D eigenvalue weighted by molar-refractivity contribution is 0.107. The summed E-state index contributed by atoms with van der Waals surface area (Å²) in [7, 11) is -3.63. The molecule has 24 heavy (non-hydrogen) atoms. The van der Waals surface area contributed by atoms with Crippen molar-refractivity contribution < 1.29 is 26.5 Å². The monoisotopic (exact) mass is 355 g/mol. The molecule has 2 heterocycles. The highest BCUT2D eigenvalue weighted by molar-refractivity contribution is 7.85. The molecule has 0 spiro atoms. The summed E-state index contributed by atoms with van der Waals surface area (Å²) in [4.78, 5) is 17.0. The Morgan fingerprint density at radius 3 is 2.88 bits per heavy atom. The predicted octanol–water partition coefficient (Wildman–Crippen LogP) is 1.31. The summed E-state index contributed by atoms with van der Waals surface area (Å²) in [5, 5.41) is 0.